The van der Waals surface area contributed by atoms with Gasteiger partial charge in [-0.1, -0.05) is 5.16 Å². The number of carbonyl (C=O) groups is 2. The second-order valence-electron chi connectivity index (χ2n) is 3.88. The SMILES string of the molecule is NC(=O)c1conc1C(=O)NCC1CCOC1. The maximum absolute atomic E-state index is 11.7. The van der Waals surface area contributed by atoms with Crippen LogP contribution in [0.5, 0.6) is 0 Å². The summed E-state index contributed by atoms with van der Waals surface area (Å²) < 4.78 is 9.75. The van der Waals surface area contributed by atoms with Crippen LogP contribution in [0.3, 0.4) is 0 Å². The molecule has 2 rings (SSSR count). The number of nitrogens with two attached hydrogens (primary N) is 1. The first-order valence-electron chi connectivity index (χ1n) is 5.28. The summed E-state index contributed by atoms with van der Waals surface area (Å²) in [7, 11) is 0. The molecule has 0 radical (unpaired) electrons. The van der Waals surface area contributed by atoms with Gasteiger partial charge in [-0.25, -0.2) is 0 Å². The smallest absolute Gasteiger partial charge is 0.274 e. The molecule has 1 fully saturated rings. The number of carbonyl (C=O) groups excluding carboxylic acids is 2. The summed E-state index contributed by atoms with van der Waals surface area (Å²) >= 11 is 0. The van der Waals surface area contributed by atoms with Gasteiger partial charge in [0.1, 0.15) is 11.8 Å². The van der Waals surface area contributed by atoms with Crippen LogP contribution >= 0.6 is 0 Å². The van der Waals surface area contributed by atoms with Crippen molar-refractivity contribution in [1.82, 2.24) is 10.5 Å². The molecule has 1 unspecified atom stereocenters. The molecule has 1 aromatic heterocycles. The van der Waals surface area contributed by atoms with Gasteiger partial charge in [0.15, 0.2) is 5.69 Å². The fourth-order valence-electron chi connectivity index (χ4n) is 1.64. The summed E-state index contributed by atoms with van der Waals surface area (Å²) in [6.07, 6.45) is 1.98. The van der Waals surface area contributed by atoms with Crippen molar-refractivity contribution in [3.05, 3.63) is 17.5 Å². The summed E-state index contributed by atoms with van der Waals surface area (Å²) in [5, 5.41) is 6.14. The predicted octanol–water partition coefficient (Wildman–Crippen LogP) is -0.460. The van der Waals surface area contributed by atoms with Crippen molar-refractivity contribution in [1.29, 1.82) is 0 Å². The van der Waals surface area contributed by atoms with Crippen LogP contribution in [0.1, 0.15) is 27.3 Å². The lowest BCUT2D eigenvalue weighted by Crippen LogP contribution is -2.31. The summed E-state index contributed by atoms with van der Waals surface area (Å²) in [4.78, 5) is 22.7. The Kier molecular flexibility index (Phi) is 3.38. The molecule has 7 heteroatoms. The Bertz CT molecular complexity index is 423. The van der Waals surface area contributed by atoms with Gasteiger partial charge < -0.3 is 20.3 Å². The number of aromatic nitrogens is 1. The molecule has 0 saturated carbocycles. The second-order valence-corrected chi connectivity index (χ2v) is 3.88. The van der Waals surface area contributed by atoms with Crippen molar-refractivity contribution in [2.45, 2.75) is 6.42 Å². The molecule has 0 spiro atoms. The van der Waals surface area contributed by atoms with Gasteiger partial charge in [0, 0.05) is 19.1 Å². The molecule has 1 saturated heterocycles. The molecule has 92 valence electrons. The van der Waals surface area contributed by atoms with E-state index in [1.54, 1.807) is 0 Å². The summed E-state index contributed by atoms with van der Waals surface area (Å²) in [6, 6.07) is 0. The lowest BCUT2D eigenvalue weighted by atomic mass is 10.1. The minimum atomic E-state index is -0.736. The van der Waals surface area contributed by atoms with E-state index in [-0.39, 0.29) is 11.3 Å². The van der Waals surface area contributed by atoms with Crippen molar-refractivity contribution in [3.63, 3.8) is 0 Å². The van der Waals surface area contributed by atoms with E-state index in [1.807, 2.05) is 0 Å². The first kappa shape index (κ1) is 11.6. The molecular formula is C10H13N3O4. The van der Waals surface area contributed by atoms with Gasteiger partial charge >= 0.3 is 0 Å². The molecule has 0 aliphatic carbocycles. The van der Waals surface area contributed by atoms with E-state index in [0.29, 0.717) is 19.1 Å². The number of ether oxygens (including phenoxy) is 1. The molecule has 3 N–H and O–H groups in total. The normalized spacial score (nSPS) is 19.2. The van der Waals surface area contributed by atoms with Gasteiger partial charge in [-0.3, -0.25) is 9.59 Å². The van der Waals surface area contributed by atoms with Gasteiger partial charge in [0.2, 0.25) is 0 Å². The van der Waals surface area contributed by atoms with Crippen LogP contribution in [0.25, 0.3) is 0 Å². The Morgan fingerprint density at radius 3 is 3.06 bits per heavy atom. The Balaban J connectivity index is 1.94. The summed E-state index contributed by atoms with van der Waals surface area (Å²) in [5.74, 6) is -0.886. The van der Waals surface area contributed by atoms with E-state index in [0.717, 1.165) is 19.3 Å². The third-order valence-corrected chi connectivity index (χ3v) is 2.63. The van der Waals surface area contributed by atoms with Gasteiger partial charge in [-0.15, -0.1) is 0 Å². The van der Waals surface area contributed by atoms with Crippen molar-refractivity contribution in [2.24, 2.45) is 11.7 Å². The average molecular weight is 239 g/mol. The molecule has 17 heavy (non-hydrogen) atoms. The third-order valence-electron chi connectivity index (χ3n) is 2.63. The number of nitrogens with zero attached hydrogens (tertiary/aromatic N) is 1. The standard InChI is InChI=1S/C10H13N3O4/c11-9(14)7-5-17-13-8(7)10(15)12-3-6-1-2-16-4-6/h5-6H,1-4H2,(H2,11,14)(H,12,15). The summed E-state index contributed by atoms with van der Waals surface area (Å²) in [5.41, 5.74) is 4.99. The predicted molar refractivity (Wildman–Crippen MR) is 56.3 cm³/mol. The van der Waals surface area contributed by atoms with Crippen molar-refractivity contribution < 1.29 is 18.8 Å². The second kappa shape index (κ2) is 4.96. The van der Waals surface area contributed by atoms with Crippen LogP contribution in [0, 0.1) is 5.92 Å². The molecule has 0 bridgehead atoms. The van der Waals surface area contributed by atoms with E-state index in [2.05, 4.69) is 15.0 Å². The maximum atomic E-state index is 11.7. The highest BCUT2D eigenvalue weighted by Crippen LogP contribution is 2.11. The van der Waals surface area contributed by atoms with Crippen molar-refractivity contribution in [3.8, 4) is 0 Å². The zero-order chi connectivity index (χ0) is 12.3. The van der Waals surface area contributed by atoms with Gasteiger partial charge in [-0.2, -0.15) is 0 Å². The Morgan fingerprint density at radius 2 is 2.41 bits per heavy atom. The van der Waals surface area contributed by atoms with Crippen molar-refractivity contribution in [2.75, 3.05) is 19.8 Å². The van der Waals surface area contributed by atoms with Crippen LogP contribution in [-0.4, -0.2) is 36.7 Å². The number of rotatable bonds is 4. The number of nitrogens with one attached hydrogen (secondary N) is 1. The fraction of sp³-hybridized carbons (Fsp3) is 0.500. The van der Waals surface area contributed by atoms with Crippen LogP contribution < -0.4 is 11.1 Å². The highest BCUT2D eigenvalue weighted by atomic mass is 16.5. The Hall–Kier alpha value is -1.89. The molecule has 2 heterocycles. The fourth-order valence-corrected chi connectivity index (χ4v) is 1.64. The minimum Gasteiger partial charge on any atom is -0.381 e. The highest BCUT2D eigenvalue weighted by Gasteiger charge is 2.22. The Morgan fingerprint density at radius 1 is 1.59 bits per heavy atom. The van der Waals surface area contributed by atoms with E-state index in [1.165, 1.54) is 0 Å². The lowest BCUT2D eigenvalue weighted by Gasteiger charge is -2.08. The molecule has 1 aromatic rings. The van der Waals surface area contributed by atoms with Gasteiger partial charge in [0.05, 0.1) is 6.61 Å². The average Bonchev–Trinajstić information content (AvgIpc) is 2.96. The number of hydrogen-bond acceptors (Lipinski definition) is 5. The number of hydrogen-bond donors (Lipinski definition) is 2. The Labute approximate surface area is 97.3 Å². The van der Waals surface area contributed by atoms with Crippen LogP contribution in [-0.2, 0) is 4.74 Å². The van der Waals surface area contributed by atoms with Gasteiger partial charge in [-0.05, 0) is 6.42 Å². The minimum absolute atomic E-state index is 0.00910. The molecule has 0 aromatic carbocycles. The number of amides is 2. The number of primary amides is 1. The highest BCUT2D eigenvalue weighted by molar-refractivity contribution is 6.04. The zero-order valence-electron chi connectivity index (χ0n) is 9.14. The lowest BCUT2D eigenvalue weighted by molar-refractivity contribution is 0.0922. The van der Waals surface area contributed by atoms with Crippen molar-refractivity contribution >= 4 is 11.8 Å². The molecule has 7 nitrogen and oxygen atoms in total. The molecular weight excluding hydrogens is 226 g/mol. The first-order chi connectivity index (χ1) is 8.18. The first-order valence-corrected chi connectivity index (χ1v) is 5.28. The van der Waals surface area contributed by atoms with E-state index < -0.39 is 11.8 Å². The quantitative estimate of drug-likeness (QED) is 0.739. The topological polar surface area (TPSA) is 107 Å². The van der Waals surface area contributed by atoms with Crippen LogP contribution in [0.2, 0.25) is 0 Å². The van der Waals surface area contributed by atoms with Gasteiger partial charge in [0.25, 0.3) is 11.8 Å². The molecule has 1 aliphatic rings. The third kappa shape index (κ3) is 2.62. The van der Waals surface area contributed by atoms with E-state index >= 15 is 0 Å². The van der Waals surface area contributed by atoms with Crippen LogP contribution in [0.15, 0.2) is 10.8 Å². The molecule has 1 atom stereocenters. The van der Waals surface area contributed by atoms with E-state index in [9.17, 15) is 9.59 Å². The zero-order valence-corrected chi connectivity index (χ0v) is 9.14. The molecule has 2 amide bonds. The van der Waals surface area contributed by atoms with E-state index in [4.69, 9.17) is 10.5 Å². The van der Waals surface area contributed by atoms with Crippen LogP contribution in [0.4, 0.5) is 0 Å². The maximum Gasteiger partial charge on any atom is 0.274 e. The monoisotopic (exact) mass is 239 g/mol. The largest absolute Gasteiger partial charge is 0.381 e. The molecule has 1 aliphatic heterocycles. The summed E-state index contributed by atoms with van der Waals surface area (Å²) in [6.45, 7) is 1.85.